The Labute approximate surface area is 100 Å². The Kier molecular flexibility index (Phi) is 4.50. The van der Waals surface area contributed by atoms with Gasteiger partial charge in [-0.15, -0.1) is 0 Å². The Morgan fingerprint density at radius 1 is 1.41 bits per heavy atom. The van der Waals surface area contributed by atoms with Crippen molar-refractivity contribution in [2.24, 2.45) is 5.92 Å². The Hall–Kier alpha value is -1.11. The van der Waals surface area contributed by atoms with Gasteiger partial charge in [0.25, 0.3) is 0 Å². The lowest BCUT2D eigenvalue weighted by atomic mass is 10.3. The minimum atomic E-state index is -3.91. The van der Waals surface area contributed by atoms with Crippen LogP contribution in [0.5, 0.6) is 0 Å². The first-order chi connectivity index (χ1) is 7.86. The van der Waals surface area contributed by atoms with Crippen molar-refractivity contribution in [1.82, 2.24) is 5.32 Å². The first-order valence-electron chi connectivity index (χ1n) is 5.58. The molecular formula is C10H17NO5S. The summed E-state index contributed by atoms with van der Waals surface area (Å²) in [5.74, 6) is -2.30. The van der Waals surface area contributed by atoms with Crippen LogP contribution >= 0.6 is 0 Å². The minimum Gasteiger partial charge on any atom is -0.480 e. The van der Waals surface area contributed by atoms with Gasteiger partial charge in [0.05, 0.1) is 0 Å². The molecule has 1 atom stereocenters. The molecule has 1 unspecified atom stereocenters. The molecule has 0 aliphatic heterocycles. The normalized spacial score (nSPS) is 17.5. The molecule has 7 heteroatoms. The van der Waals surface area contributed by atoms with Gasteiger partial charge in [-0.3, -0.25) is 9.59 Å². The maximum atomic E-state index is 11.6. The molecule has 0 aromatic heterocycles. The van der Waals surface area contributed by atoms with Crippen molar-refractivity contribution < 1.29 is 23.1 Å². The Morgan fingerprint density at radius 3 is 2.41 bits per heavy atom. The number of carboxylic acids is 1. The first kappa shape index (κ1) is 14.0. The number of sulfone groups is 1. The molecule has 0 aromatic carbocycles. The van der Waals surface area contributed by atoms with Crippen molar-refractivity contribution in [2.45, 2.75) is 31.4 Å². The van der Waals surface area contributed by atoms with Crippen molar-refractivity contribution in [1.29, 1.82) is 0 Å². The third kappa shape index (κ3) is 4.33. The summed E-state index contributed by atoms with van der Waals surface area (Å²) in [6.07, 6.45) is 2.08. The predicted molar refractivity (Wildman–Crippen MR) is 61.2 cm³/mol. The molecule has 1 rings (SSSR count). The molecule has 2 N–H and O–H groups in total. The van der Waals surface area contributed by atoms with Gasteiger partial charge in [0.2, 0.25) is 5.91 Å². The molecule has 1 aliphatic rings. The van der Waals surface area contributed by atoms with E-state index in [0.29, 0.717) is 12.5 Å². The number of amides is 1. The van der Waals surface area contributed by atoms with Crippen LogP contribution in [0.3, 0.4) is 0 Å². The second-order valence-corrected chi connectivity index (χ2v) is 6.47. The Morgan fingerprint density at radius 2 is 2.00 bits per heavy atom. The molecule has 1 fully saturated rings. The maximum Gasteiger partial charge on any atom is 0.321 e. The summed E-state index contributed by atoms with van der Waals surface area (Å²) in [6.45, 7) is 1.96. The third-order valence-electron chi connectivity index (χ3n) is 2.70. The summed E-state index contributed by atoms with van der Waals surface area (Å²) >= 11 is 0. The van der Waals surface area contributed by atoms with E-state index in [1.807, 2.05) is 0 Å². The molecular weight excluding hydrogens is 246 g/mol. The molecule has 98 valence electrons. The van der Waals surface area contributed by atoms with Gasteiger partial charge in [-0.2, -0.15) is 0 Å². The minimum absolute atomic E-state index is 0.0342. The van der Waals surface area contributed by atoms with Gasteiger partial charge in [-0.05, 0) is 25.2 Å². The van der Waals surface area contributed by atoms with Crippen LogP contribution in [0.2, 0.25) is 0 Å². The van der Waals surface area contributed by atoms with E-state index in [2.05, 4.69) is 5.32 Å². The van der Waals surface area contributed by atoms with Gasteiger partial charge in [-0.1, -0.05) is 6.92 Å². The van der Waals surface area contributed by atoms with Crippen LogP contribution in [0.4, 0.5) is 0 Å². The number of hydrogen-bond donors (Lipinski definition) is 2. The average Bonchev–Trinajstić information content (AvgIpc) is 2.96. The van der Waals surface area contributed by atoms with Crippen molar-refractivity contribution in [3.63, 3.8) is 0 Å². The number of rotatable bonds is 7. The van der Waals surface area contributed by atoms with E-state index in [9.17, 15) is 18.0 Å². The molecule has 0 radical (unpaired) electrons. The largest absolute Gasteiger partial charge is 0.480 e. The van der Waals surface area contributed by atoms with Gasteiger partial charge < -0.3 is 10.4 Å². The summed E-state index contributed by atoms with van der Waals surface area (Å²) in [6, 6.07) is 0. The van der Waals surface area contributed by atoms with Crippen LogP contribution in [-0.4, -0.2) is 42.9 Å². The summed E-state index contributed by atoms with van der Waals surface area (Å²) < 4.78 is 23.3. The zero-order valence-electron chi connectivity index (χ0n) is 9.68. The van der Waals surface area contributed by atoms with Crippen molar-refractivity contribution in [3.05, 3.63) is 0 Å². The molecule has 17 heavy (non-hydrogen) atoms. The summed E-state index contributed by atoms with van der Waals surface area (Å²) in [5, 5.41) is 9.76. The SMILES string of the molecule is CCC(C(=O)O)S(=O)(=O)CC(=O)NCC1CC1. The lowest BCUT2D eigenvalue weighted by molar-refractivity contribution is -0.136. The van der Waals surface area contributed by atoms with Gasteiger partial charge in [0.1, 0.15) is 5.75 Å². The summed E-state index contributed by atoms with van der Waals surface area (Å²) in [5.41, 5.74) is 0. The second-order valence-electron chi connectivity index (χ2n) is 4.29. The second kappa shape index (κ2) is 5.48. The smallest absolute Gasteiger partial charge is 0.321 e. The lowest BCUT2D eigenvalue weighted by Gasteiger charge is -2.11. The van der Waals surface area contributed by atoms with Crippen LogP contribution in [0, 0.1) is 5.92 Å². The number of carbonyl (C=O) groups excluding carboxylic acids is 1. The van der Waals surface area contributed by atoms with Crippen LogP contribution in [-0.2, 0) is 19.4 Å². The van der Waals surface area contributed by atoms with Gasteiger partial charge in [0.15, 0.2) is 15.1 Å². The number of aliphatic carboxylic acids is 1. The fourth-order valence-corrected chi connectivity index (χ4v) is 2.98. The first-order valence-corrected chi connectivity index (χ1v) is 7.29. The fourth-order valence-electron chi connectivity index (χ4n) is 1.50. The number of hydrogen-bond acceptors (Lipinski definition) is 4. The van der Waals surface area contributed by atoms with E-state index >= 15 is 0 Å². The highest BCUT2D eigenvalue weighted by Crippen LogP contribution is 2.27. The highest BCUT2D eigenvalue weighted by Gasteiger charge is 2.33. The van der Waals surface area contributed by atoms with Crippen molar-refractivity contribution >= 4 is 21.7 Å². The summed E-state index contributed by atoms with van der Waals surface area (Å²) in [4.78, 5) is 22.1. The molecule has 0 spiro atoms. The van der Waals surface area contributed by atoms with Gasteiger partial charge in [0, 0.05) is 6.54 Å². The molecule has 0 heterocycles. The number of nitrogens with one attached hydrogen (secondary N) is 1. The molecule has 1 amide bonds. The van der Waals surface area contributed by atoms with Gasteiger partial charge >= 0.3 is 5.97 Å². The monoisotopic (exact) mass is 263 g/mol. The van der Waals surface area contributed by atoms with Crippen LogP contribution in [0.25, 0.3) is 0 Å². The topological polar surface area (TPSA) is 101 Å². The standard InChI is InChI=1S/C10H17NO5S/c1-2-8(10(13)14)17(15,16)6-9(12)11-5-7-3-4-7/h7-8H,2-6H2,1H3,(H,11,12)(H,13,14). The highest BCUT2D eigenvalue weighted by atomic mass is 32.2. The van der Waals surface area contributed by atoms with E-state index in [1.54, 1.807) is 0 Å². The molecule has 1 saturated carbocycles. The molecule has 1 aliphatic carbocycles. The zero-order valence-corrected chi connectivity index (χ0v) is 10.5. The van der Waals surface area contributed by atoms with Gasteiger partial charge in [-0.25, -0.2) is 8.42 Å². The lowest BCUT2D eigenvalue weighted by Crippen LogP contribution is -2.38. The van der Waals surface area contributed by atoms with E-state index in [1.165, 1.54) is 6.92 Å². The molecule has 0 saturated heterocycles. The average molecular weight is 263 g/mol. The molecule has 0 aromatic rings. The number of carbonyl (C=O) groups is 2. The molecule has 6 nitrogen and oxygen atoms in total. The third-order valence-corrected chi connectivity index (χ3v) is 4.76. The van der Waals surface area contributed by atoms with Crippen LogP contribution in [0.1, 0.15) is 26.2 Å². The van der Waals surface area contributed by atoms with Crippen molar-refractivity contribution in [3.8, 4) is 0 Å². The molecule has 0 bridgehead atoms. The Bertz CT molecular complexity index is 399. The Balaban J connectivity index is 2.51. The van der Waals surface area contributed by atoms with E-state index in [4.69, 9.17) is 5.11 Å². The van der Waals surface area contributed by atoms with Crippen molar-refractivity contribution in [2.75, 3.05) is 12.3 Å². The fraction of sp³-hybridized carbons (Fsp3) is 0.800. The van der Waals surface area contributed by atoms with Crippen LogP contribution < -0.4 is 5.32 Å². The van der Waals surface area contributed by atoms with E-state index < -0.39 is 32.7 Å². The predicted octanol–water partition coefficient (Wildman–Crippen LogP) is -0.209. The zero-order chi connectivity index (χ0) is 13.1. The van der Waals surface area contributed by atoms with E-state index in [0.717, 1.165) is 12.8 Å². The highest BCUT2D eigenvalue weighted by molar-refractivity contribution is 7.93. The van der Waals surface area contributed by atoms with Crippen LogP contribution in [0.15, 0.2) is 0 Å². The summed E-state index contributed by atoms with van der Waals surface area (Å²) in [7, 11) is -3.91. The quantitative estimate of drug-likeness (QED) is 0.662. The number of carboxylic acid groups (broad SMARTS) is 1. The van der Waals surface area contributed by atoms with E-state index in [-0.39, 0.29) is 6.42 Å². The maximum absolute atomic E-state index is 11.6.